The zero-order valence-corrected chi connectivity index (χ0v) is 10.8. The number of carbonyl (C=O) groups is 2. The van der Waals surface area contributed by atoms with Gasteiger partial charge in [0.15, 0.2) is 0 Å². The van der Waals surface area contributed by atoms with Crippen LogP contribution in [-0.4, -0.2) is 29.9 Å². The molecule has 4 heteroatoms. The third-order valence-electron chi connectivity index (χ3n) is 2.86. The molecule has 0 aliphatic carbocycles. The molecule has 4 nitrogen and oxygen atoms in total. The second-order valence-electron chi connectivity index (χ2n) is 4.32. The number of para-hydroxylation sites is 1. The Bertz CT molecular complexity index is 569. The van der Waals surface area contributed by atoms with Crippen molar-refractivity contribution in [2.45, 2.75) is 6.10 Å². The highest BCUT2D eigenvalue weighted by Crippen LogP contribution is 2.17. The molecule has 0 saturated carbocycles. The number of hydrogen-bond acceptors (Lipinski definition) is 3. The van der Waals surface area contributed by atoms with Crippen LogP contribution >= 0.6 is 0 Å². The van der Waals surface area contributed by atoms with Crippen molar-refractivity contribution in [1.29, 1.82) is 0 Å². The van der Waals surface area contributed by atoms with Gasteiger partial charge in [0.1, 0.15) is 12.4 Å². The fourth-order valence-electron chi connectivity index (χ4n) is 1.88. The molecule has 0 radical (unpaired) electrons. The van der Waals surface area contributed by atoms with Crippen molar-refractivity contribution < 1.29 is 14.7 Å². The van der Waals surface area contributed by atoms with Gasteiger partial charge < -0.3 is 14.8 Å². The minimum atomic E-state index is -1.21. The van der Waals surface area contributed by atoms with E-state index in [-0.39, 0.29) is 12.5 Å². The number of carbonyl (C=O) groups excluding carboxylic acids is 2. The molecule has 0 aliphatic heterocycles. The summed E-state index contributed by atoms with van der Waals surface area (Å²) < 4.78 is 0. The van der Waals surface area contributed by atoms with Crippen molar-refractivity contribution in [3.8, 4) is 0 Å². The number of rotatable bonds is 5. The smallest absolute Gasteiger partial charge is 0.258 e. The van der Waals surface area contributed by atoms with Gasteiger partial charge in [-0.15, -0.1) is 0 Å². The number of aliphatic hydroxyl groups excluding tert-OH is 1. The lowest BCUT2D eigenvalue weighted by Crippen LogP contribution is -2.38. The Morgan fingerprint density at radius 1 is 1.05 bits per heavy atom. The number of hydrogen-bond donors (Lipinski definition) is 1. The topological polar surface area (TPSA) is 57.6 Å². The zero-order chi connectivity index (χ0) is 14.4. The molecule has 0 saturated heterocycles. The van der Waals surface area contributed by atoms with E-state index in [1.54, 1.807) is 48.5 Å². The van der Waals surface area contributed by atoms with Crippen LogP contribution in [0.1, 0.15) is 10.4 Å². The number of aldehydes is 1. The van der Waals surface area contributed by atoms with Crippen LogP contribution < -0.4 is 4.90 Å². The lowest BCUT2D eigenvalue weighted by Gasteiger charge is -2.23. The summed E-state index contributed by atoms with van der Waals surface area (Å²) in [5.74, 6) is -0.252. The van der Waals surface area contributed by atoms with Crippen LogP contribution in [0.5, 0.6) is 0 Å². The predicted molar refractivity (Wildman–Crippen MR) is 76.6 cm³/mol. The Labute approximate surface area is 117 Å². The first-order valence-corrected chi connectivity index (χ1v) is 6.27. The van der Waals surface area contributed by atoms with E-state index in [9.17, 15) is 14.7 Å². The minimum Gasteiger partial charge on any atom is -0.384 e. The van der Waals surface area contributed by atoms with Crippen LogP contribution in [0.4, 0.5) is 5.69 Å². The third-order valence-corrected chi connectivity index (χ3v) is 2.86. The summed E-state index contributed by atoms with van der Waals surface area (Å²) in [6.07, 6.45) is -0.781. The van der Waals surface area contributed by atoms with Gasteiger partial charge >= 0.3 is 0 Å². The van der Waals surface area contributed by atoms with E-state index in [0.717, 1.165) is 0 Å². The zero-order valence-electron chi connectivity index (χ0n) is 10.8. The van der Waals surface area contributed by atoms with E-state index in [2.05, 4.69) is 0 Å². The lowest BCUT2D eigenvalue weighted by molar-refractivity contribution is -0.114. The van der Waals surface area contributed by atoms with Crippen LogP contribution in [0.25, 0.3) is 0 Å². The average Bonchev–Trinajstić information content (AvgIpc) is 2.53. The summed E-state index contributed by atoms with van der Waals surface area (Å²) in [4.78, 5) is 24.5. The van der Waals surface area contributed by atoms with Crippen molar-refractivity contribution in [2.75, 3.05) is 11.4 Å². The predicted octanol–water partition coefficient (Wildman–Crippen LogP) is 1.89. The fraction of sp³-hybridized carbons (Fsp3) is 0.125. The highest BCUT2D eigenvalue weighted by molar-refractivity contribution is 6.06. The van der Waals surface area contributed by atoms with E-state index in [0.29, 0.717) is 17.5 Å². The van der Waals surface area contributed by atoms with E-state index in [1.807, 2.05) is 12.1 Å². The molecule has 0 aromatic heterocycles. The van der Waals surface area contributed by atoms with Gasteiger partial charge in [-0.05, 0) is 24.3 Å². The molecular formula is C16H15NO3. The van der Waals surface area contributed by atoms with Crippen LogP contribution in [0.2, 0.25) is 0 Å². The molecule has 1 atom stereocenters. The summed E-state index contributed by atoms with van der Waals surface area (Å²) >= 11 is 0. The maximum absolute atomic E-state index is 12.5. The van der Waals surface area contributed by atoms with Crippen LogP contribution in [0.3, 0.4) is 0 Å². The van der Waals surface area contributed by atoms with Gasteiger partial charge in [0, 0.05) is 11.3 Å². The van der Waals surface area contributed by atoms with Crippen molar-refractivity contribution in [3.63, 3.8) is 0 Å². The number of benzene rings is 2. The largest absolute Gasteiger partial charge is 0.384 e. The van der Waals surface area contributed by atoms with E-state index in [4.69, 9.17) is 0 Å². The van der Waals surface area contributed by atoms with Gasteiger partial charge in [0.2, 0.25) is 0 Å². The molecule has 0 fully saturated rings. The number of aliphatic hydroxyl groups is 1. The Hall–Kier alpha value is -2.46. The van der Waals surface area contributed by atoms with E-state index in [1.165, 1.54) is 4.90 Å². The van der Waals surface area contributed by atoms with Crippen molar-refractivity contribution in [2.24, 2.45) is 0 Å². The number of amides is 1. The van der Waals surface area contributed by atoms with Crippen molar-refractivity contribution in [1.82, 2.24) is 0 Å². The van der Waals surface area contributed by atoms with E-state index >= 15 is 0 Å². The van der Waals surface area contributed by atoms with Crippen molar-refractivity contribution in [3.05, 3.63) is 66.2 Å². The molecule has 0 spiro atoms. The quantitative estimate of drug-likeness (QED) is 0.843. The van der Waals surface area contributed by atoms with Crippen molar-refractivity contribution >= 4 is 17.9 Å². The third kappa shape index (κ3) is 3.30. The van der Waals surface area contributed by atoms with Crippen LogP contribution in [0, 0.1) is 0 Å². The molecule has 2 aromatic rings. The Morgan fingerprint density at radius 3 is 2.15 bits per heavy atom. The Kier molecular flexibility index (Phi) is 4.63. The summed E-state index contributed by atoms with van der Waals surface area (Å²) in [6, 6.07) is 17.7. The molecule has 0 aliphatic rings. The van der Waals surface area contributed by atoms with E-state index < -0.39 is 6.10 Å². The summed E-state index contributed by atoms with van der Waals surface area (Å²) in [6.45, 7) is -0.0682. The molecule has 20 heavy (non-hydrogen) atoms. The first kappa shape index (κ1) is 14.0. The lowest BCUT2D eigenvalue weighted by atomic mass is 10.1. The van der Waals surface area contributed by atoms with Gasteiger partial charge in [-0.25, -0.2) is 0 Å². The highest BCUT2D eigenvalue weighted by atomic mass is 16.3. The molecule has 1 amide bonds. The first-order chi connectivity index (χ1) is 9.72. The molecule has 0 heterocycles. The summed E-state index contributed by atoms with van der Waals surface area (Å²) in [5.41, 5.74) is 1.15. The van der Waals surface area contributed by atoms with Crippen LogP contribution in [0.15, 0.2) is 60.7 Å². The highest BCUT2D eigenvalue weighted by Gasteiger charge is 2.20. The Morgan fingerprint density at radius 2 is 1.60 bits per heavy atom. The summed E-state index contributed by atoms with van der Waals surface area (Å²) in [7, 11) is 0. The molecule has 0 bridgehead atoms. The number of nitrogens with zero attached hydrogens (tertiary/aromatic N) is 1. The second kappa shape index (κ2) is 6.63. The summed E-state index contributed by atoms with van der Waals surface area (Å²) in [5, 5.41) is 9.52. The van der Waals surface area contributed by atoms with Gasteiger partial charge in [-0.1, -0.05) is 36.4 Å². The monoisotopic (exact) mass is 269 g/mol. The fourth-order valence-corrected chi connectivity index (χ4v) is 1.88. The molecule has 1 unspecified atom stereocenters. The average molecular weight is 269 g/mol. The molecule has 2 rings (SSSR count). The second-order valence-corrected chi connectivity index (χ2v) is 4.32. The number of anilines is 1. The normalized spacial score (nSPS) is 11.7. The molecule has 1 N–H and O–H groups in total. The molecular weight excluding hydrogens is 254 g/mol. The first-order valence-electron chi connectivity index (χ1n) is 6.27. The minimum absolute atomic E-state index is 0.0682. The molecule has 102 valence electrons. The SMILES string of the molecule is O=CC(O)CN(C(=O)c1ccccc1)c1ccccc1. The van der Waals surface area contributed by atoms with Gasteiger partial charge in [0.25, 0.3) is 5.91 Å². The molecule has 2 aromatic carbocycles. The van der Waals surface area contributed by atoms with Crippen LogP contribution in [-0.2, 0) is 4.79 Å². The van der Waals surface area contributed by atoms with Gasteiger partial charge in [-0.2, -0.15) is 0 Å². The maximum Gasteiger partial charge on any atom is 0.258 e. The standard InChI is InChI=1S/C16H15NO3/c18-12-15(19)11-17(14-9-5-2-6-10-14)16(20)13-7-3-1-4-8-13/h1-10,12,15,19H,11H2. The maximum atomic E-state index is 12.5. The van der Waals surface area contributed by atoms with Gasteiger partial charge in [0.05, 0.1) is 6.54 Å². The Balaban J connectivity index is 2.32. The van der Waals surface area contributed by atoms with Gasteiger partial charge in [-0.3, -0.25) is 4.79 Å².